The highest BCUT2D eigenvalue weighted by Gasteiger charge is 2.15. The van der Waals surface area contributed by atoms with Crippen molar-refractivity contribution in [3.8, 4) is 5.88 Å². The predicted molar refractivity (Wildman–Crippen MR) is 91.0 cm³/mol. The average molecular weight is 322 g/mol. The van der Waals surface area contributed by atoms with Crippen LogP contribution in [0.1, 0.15) is 28.7 Å². The Labute approximate surface area is 140 Å². The Morgan fingerprint density at radius 1 is 1.08 bits per heavy atom. The summed E-state index contributed by atoms with van der Waals surface area (Å²) in [6, 6.07) is 15.5. The highest BCUT2D eigenvalue weighted by molar-refractivity contribution is 5.90. The van der Waals surface area contributed by atoms with E-state index in [1.165, 1.54) is 0 Å². The molecule has 0 saturated carbocycles. The lowest BCUT2D eigenvalue weighted by Crippen LogP contribution is -2.11. The molecule has 24 heavy (non-hydrogen) atoms. The van der Waals surface area contributed by atoms with Gasteiger partial charge in [-0.25, -0.2) is 9.78 Å². The Kier molecular flexibility index (Phi) is 4.70. The molecular weight excluding hydrogens is 304 g/mol. The zero-order chi connectivity index (χ0) is 16.9. The summed E-state index contributed by atoms with van der Waals surface area (Å²) in [7, 11) is 0. The second-order valence-corrected chi connectivity index (χ2v) is 5.37. The van der Waals surface area contributed by atoms with E-state index in [9.17, 15) is 4.79 Å². The molecule has 3 rings (SSSR count). The summed E-state index contributed by atoms with van der Waals surface area (Å²) in [4.78, 5) is 20.5. The van der Waals surface area contributed by atoms with Gasteiger partial charge in [0.05, 0.1) is 17.5 Å². The van der Waals surface area contributed by atoms with Gasteiger partial charge in [0.15, 0.2) is 0 Å². The van der Waals surface area contributed by atoms with Crippen LogP contribution in [0.4, 0.5) is 0 Å². The zero-order valence-electron chi connectivity index (χ0n) is 13.7. The second kappa shape index (κ2) is 7.08. The van der Waals surface area contributed by atoms with Crippen molar-refractivity contribution in [2.24, 2.45) is 0 Å². The molecule has 3 aromatic rings. The van der Waals surface area contributed by atoms with Gasteiger partial charge >= 0.3 is 5.97 Å². The van der Waals surface area contributed by atoms with Crippen LogP contribution in [0.3, 0.4) is 0 Å². The fourth-order valence-corrected chi connectivity index (χ4v) is 2.40. The molecule has 5 heteroatoms. The first-order chi connectivity index (χ1) is 11.7. The summed E-state index contributed by atoms with van der Waals surface area (Å²) in [5, 5.41) is 0.762. The molecule has 0 saturated heterocycles. The number of para-hydroxylation sites is 1. The lowest BCUT2D eigenvalue weighted by Gasteiger charge is -2.10. The SMILES string of the molecule is CCOC(=O)c1nc(OCc2cccc(C)c2)c2ccccc2n1. The fraction of sp³-hybridized carbons (Fsp3) is 0.211. The van der Waals surface area contributed by atoms with Crippen LogP contribution in [-0.2, 0) is 11.3 Å². The van der Waals surface area contributed by atoms with Gasteiger partial charge in [-0.1, -0.05) is 42.0 Å². The van der Waals surface area contributed by atoms with Crippen molar-refractivity contribution in [3.05, 3.63) is 65.5 Å². The third kappa shape index (κ3) is 3.51. The van der Waals surface area contributed by atoms with Crippen molar-refractivity contribution >= 4 is 16.9 Å². The van der Waals surface area contributed by atoms with Gasteiger partial charge in [-0.15, -0.1) is 0 Å². The number of ether oxygens (including phenoxy) is 2. The third-order valence-electron chi connectivity index (χ3n) is 3.48. The number of rotatable bonds is 5. The van der Waals surface area contributed by atoms with E-state index in [0.717, 1.165) is 16.5 Å². The highest BCUT2D eigenvalue weighted by Crippen LogP contribution is 2.23. The van der Waals surface area contributed by atoms with Gasteiger partial charge in [0.2, 0.25) is 11.7 Å². The van der Waals surface area contributed by atoms with E-state index in [2.05, 4.69) is 16.0 Å². The molecule has 122 valence electrons. The number of aromatic nitrogens is 2. The molecule has 0 bridgehead atoms. The molecule has 5 nitrogen and oxygen atoms in total. The number of esters is 1. The maximum absolute atomic E-state index is 12.0. The summed E-state index contributed by atoms with van der Waals surface area (Å²) in [5.74, 6) is -0.163. The van der Waals surface area contributed by atoms with Gasteiger partial charge in [-0.3, -0.25) is 0 Å². The molecule has 0 spiro atoms. The molecule has 0 atom stereocenters. The van der Waals surface area contributed by atoms with Crippen LogP contribution in [0.2, 0.25) is 0 Å². The lowest BCUT2D eigenvalue weighted by atomic mass is 10.1. The quantitative estimate of drug-likeness (QED) is 0.670. The summed E-state index contributed by atoms with van der Waals surface area (Å²) in [6.07, 6.45) is 0. The Morgan fingerprint density at radius 2 is 1.92 bits per heavy atom. The standard InChI is InChI=1S/C19H18N2O3/c1-3-23-19(22)17-20-16-10-5-4-9-15(16)18(21-17)24-12-14-8-6-7-13(2)11-14/h4-11H,3,12H2,1-2H3. The molecule has 0 amide bonds. The summed E-state index contributed by atoms with van der Waals surface area (Å²) < 4.78 is 10.9. The van der Waals surface area contributed by atoms with E-state index in [1.54, 1.807) is 6.92 Å². The van der Waals surface area contributed by atoms with Crippen LogP contribution in [0.15, 0.2) is 48.5 Å². The molecule has 0 aliphatic rings. The molecule has 1 aromatic heterocycles. The summed E-state index contributed by atoms with van der Waals surface area (Å²) >= 11 is 0. The highest BCUT2D eigenvalue weighted by atomic mass is 16.5. The minimum atomic E-state index is -0.552. The molecule has 0 unspecified atom stereocenters. The maximum atomic E-state index is 12.0. The van der Waals surface area contributed by atoms with E-state index in [1.807, 2.05) is 49.4 Å². The first-order valence-corrected chi connectivity index (χ1v) is 7.79. The minimum absolute atomic E-state index is 0.00907. The van der Waals surface area contributed by atoms with Gasteiger partial charge in [0.1, 0.15) is 6.61 Å². The average Bonchev–Trinajstić information content (AvgIpc) is 2.59. The lowest BCUT2D eigenvalue weighted by molar-refractivity contribution is 0.0511. The number of fused-ring (bicyclic) bond motifs is 1. The number of hydrogen-bond donors (Lipinski definition) is 0. The van der Waals surface area contributed by atoms with Crippen LogP contribution in [0.25, 0.3) is 10.9 Å². The van der Waals surface area contributed by atoms with Gasteiger partial charge in [0, 0.05) is 0 Å². The number of nitrogens with zero attached hydrogens (tertiary/aromatic N) is 2. The van der Waals surface area contributed by atoms with Gasteiger partial charge in [-0.2, -0.15) is 4.98 Å². The molecule has 0 N–H and O–H groups in total. The van der Waals surface area contributed by atoms with Crippen LogP contribution in [0.5, 0.6) is 5.88 Å². The minimum Gasteiger partial charge on any atom is -0.472 e. The first-order valence-electron chi connectivity index (χ1n) is 7.79. The van der Waals surface area contributed by atoms with Crippen molar-refractivity contribution in [3.63, 3.8) is 0 Å². The molecule has 1 heterocycles. The molecule has 0 aliphatic heterocycles. The normalized spacial score (nSPS) is 10.6. The van der Waals surface area contributed by atoms with E-state index < -0.39 is 5.97 Å². The third-order valence-corrected chi connectivity index (χ3v) is 3.48. The number of benzene rings is 2. The van der Waals surface area contributed by atoms with Gasteiger partial charge in [0.25, 0.3) is 0 Å². The number of carbonyl (C=O) groups excluding carboxylic acids is 1. The van der Waals surface area contributed by atoms with E-state index >= 15 is 0 Å². The molecule has 0 fully saturated rings. The van der Waals surface area contributed by atoms with Crippen LogP contribution < -0.4 is 4.74 Å². The van der Waals surface area contributed by atoms with E-state index in [4.69, 9.17) is 9.47 Å². The summed E-state index contributed by atoms with van der Waals surface area (Å²) in [5.41, 5.74) is 2.85. The van der Waals surface area contributed by atoms with Crippen LogP contribution >= 0.6 is 0 Å². The molecular formula is C19H18N2O3. The van der Waals surface area contributed by atoms with Gasteiger partial charge < -0.3 is 9.47 Å². The Morgan fingerprint density at radius 3 is 2.71 bits per heavy atom. The topological polar surface area (TPSA) is 61.3 Å². The maximum Gasteiger partial charge on any atom is 0.376 e. The van der Waals surface area contributed by atoms with Crippen LogP contribution in [0, 0.1) is 6.92 Å². The van der Waals surface area contributed by atoms with E-state index in [0.29, 0.717) is 18.0 Å². The molecule has 0 radical (unpaired) electrons. The first kappa shape index (κ1) is 15.9. The monoisotopic (exact) mass is 322 g/mol. The summed E-state index contributed by atoms with van der Waals surface area (Å²) in [6.45, 7) is 4.41. The van der Waals surface area contributed by atoms with Crippen LogP contribution in [-0.4, -0.2) is 22.5 Å². The Hall–Kier alpha value is -2.95. The molecule has 2 aromatic carbocycles. The molecule has 0 aliphatic carbocycles. The largest absolute Gasteiger partial charge is 0.472 e. The van der Waals surface area contributed by atoms with Gasteiger partial charge in [-0.05, 0) is 31.5 Å². The fourth-order valence-electron chi connectivity index (χ4n) is 2.40. The Balaban J connectivity index is 1.94. The predicted octanol–water partition coefficient (Wildman–Crippen LogP) is 3.69. The van der Waals surface area contributed by atoms with Crippen molar-refractivity contribution in [2.45, 2.75) is 20.5 Å². The van der Waals surface area contributed by atoms with Crippen molar-refractivity contribution < 1.29 is 14.3 Å². The zero-order valence-corrected chi connectivity index (χ0v) is 13.7. The van der Waals surface area contributed by atoms with Crippen molar-refractivity contribution in [2.75, 3.05) is 6.61 Å². The number of carbonyl (C=O) groups is 1. The van der Waals surface area contributed by atoms with Crippen molar-refractivity contribution in [1.82, 2.24) is 9.97 Å². The van der Waals surface area contributed by atoms with E-state index in [-0.39, 0.29) is 12.4 Å². The van der Waals surface area contributed by atoms with Crippen molar-refractivity contribution in [1.29, 1.82) is 0 Å². The Bertz CT molecular complexity index is 877. The second-order valence-electron chi connectivity index (χ2n) is 5.37. The number of hydrogen-bond acceptors (Lipinski definition) is 5. The number of aryl methyl sites for hydroxylation is 1. The smallest absolute Gasteiger partial charge is 0.376 e.